The van der Waals surface area contributed by atoms with E-state index in [-0.39, 0.29) is 11.8 Å². The fourth-order valence-electron chi connectivity index (χ4n) is 8.60. The van der Waals surface area contributed by atoms with Crippen molar-refractivity contribution in [1.29, 1.82) is 0 Å². The lowest BCUT2D eigenvalue weighted by Crippen LogP contribution is -2.36. The summed E-state index contributed by atoms with van der Waals surface area (Å²) in [5.74, 6) is -0.302. The highest BCUT2D eigenvalue weighted by molar-refractivity contribution is 8.03. The number of benzene rings is 8. The zero-order valence-electron chi connectivity index (χ0n) is 40.2. The van der Waals surface area contributed by atoms with Gasteiger partial charge in [0.2, 0.25) is 5.52 Å². The Balaban J connectivity index is 0.815. The number of thioether (sulfide) groups is 1. The number of rotatable bonds is 21. The normalized spacial score (nSPS) is 12.4. The molecule has 0 unspecified atom stereocenters. The third-order valence-corrected chi connectivity index (χ3v) is 14.6. The predicted molar refractivity (Wildman–Crippen MR) is 300 cm³/mol. The third kappa shape index (κ3) is 12.6. The van der Waals surface area contributed by atoms with E-state index in [1.165, 1.54) is 53.1 Å². The van der Waals surface area contributed by atoms with E-state index < -0.39 is 0 Å². The van der Waals surface area contributed by atoms with Gasteiger partial charge < -0.3 is 35.6 Å². The van der Waals surface area contributed by atoms with Gasteiger partial charge >= 0.3 is 0 Å². The number of fused-ring (bicyclic) bond motifs is 2. The second-order valence-corrected chi connectivity index (χ2v) is 19.5. The van der Waals surface area contributed by atoms with Gasteiger partial charge in [-0.25, -0.2) is 0 Å². The molecule has 0 saturated heterocycles. The minimum Gasteiger partial charge on any atom is -0.363 e. The van der Waals surface area contributed by atoms with E-state index in [1.54, 1.807) is 0 Å². The molecule has 0 spiro atoms. The van der Waals surface area contributed by atoms with Gasteiger partial charge in [0, 0.05) is 57.8 Å². The lowest BCUT2D eigenvalue weighted by Gasteiger charge is -2.21. The Labute approximate surface area is 434 Å². The van der Waals surface area contributed by atoms with Gasteiger partial charge in [-0.15, -0.1) is 0 Å². The number of thiazole rings is 1. The van der Waals surface area contributed by atoms with Gasteiger partial charge in [-0.1, -0.05) is 132 Å². The fraction of sp³-hybridized carbons (Fsp3) is 0.131. The van der Waals surface area contributed by atoms with Crippen LogP contribution >= 0.6 is 23.1 Å². The smallest absolute Gasteiger partial charge is 0.265 e. The van der Waals surface area contributed by atoms with Gasteiger partial charge in [0.25, 0.3) is 16.8 Å². The molecule has 0 radical (unpaired) electrons. The molecule has 0 bridgehead atoms. The van der Waals surface area contributed by atoms with Gasteiger partial charge in [-0.3, -0.25) is 9.59 Å². The lowest BCUT2D eigenvalue weighted by molar-refractivity contribution is -0.669. The van der Waals surface area contributed by atoms with Gasteiger partial charge in [0.15, 0.2) is 6.54 Å². The Hall–Kier alpha value is -8.00. The van der Waals surface area contributed by atoms with E-state index in [2.05, 4.69) is 134 Å². The summed E-state index contributed by atoms with van der Waals surface area (Å²) in [6.45, 7) is 3.34. The van der Waals surface area contributed by atoms with Crippen LogP contribution in [0, 0.1) is 0 Å². The first kappa shape index (κ1) is 48.6. The first-order chi connectivity index (χ1) is 36.0. The molecule has 73 heavy (non-hydrogen) atoms. The Morgan fingerprint density at radius 2 is 1.03 bits per heavy atom. The van der Waals surface area contributed by atoms with E-state index in [0.29, 0.717) is 37.8 Å². The van der Waals surface area contributed by atoms with Crippen LogP contribution in [0.5, 0.6) is 0 Å². The van der Waals surface area contributed by atoms with Crippen molar-refractivity contribution in [3.63, 3.8) is 0 Å². The molecule has 12 heteroatoms. The molecule has 9 aromatic rings. The second kappa shape index (κ2) is 23.9. The van der Waals surface area contributed by atoms with Crippen LogP contribution in [-0.4, -0.2) is 45.0 Å². The summed E-state index contributed by atoms with van der Waals surface area (Å²) >= 11 is 3.62. The summed E-state index contributed by atoms with van der Waals surface area (Å²) in [5, 5.41) is 14.9. The van der Waals surface area contributed by atoms with Crippen molar-refractivity contribution >= 4 is 79.6 Å². The van der Waals surface area contributed by atoms with Gasteiger partial charge in [0.1, 0.15) is 18.2 Å². The second-order valence-electron chi connectivity index (χ2n) is 17.4. The quantitative estimate of drug-likeness (QED) is 0.0320. The van der Waals surface area contributed by atoms with Crippen molar-refractivity contribution in [2.24, 2.45) is 0 Å². The van der Waals surface area contributed by atoms with Crippen LogP contribution in [0.3, 0.4) is 0 Å². The molecule has 1 aliphatic rings. The van der Waals surface area contributed by atoms with Crippen molar-refractivity contribution < 1.29 is 23.6 Å². The van der Waals surface area contributed by atoms with Crippen LogP contribution in [-0.2, 0) is 16.0 Å². The molecule has 4 N–H and O–H groups in total. The van der Waals surface area contributed by atoms with Crippen molar-refractivity contribution in [3.8, 4) is 22.3 Å². The first-order valence-electron chi connectivity index (χ1n) is 24.5. The Bertz CT molecular complexity index is 3300. The molecule has 2 heterocycles. The molecule has 1 aromatic heterocycles. The zero-order chi connectivity index (χ0) is 49.6. The number of carbonyl (C=O) groups is 2. The molecule has 0 fully saturated rings. The number of hydrogen-bond acceptors (Lipinski definition) is 9. The summed E-state index contributed by atoms with van der Waals surface area (Å²) in [7, 11) is 0. The fourth-order valence-corrected chi connectivity index (χ4v) is 10.9. The molecular weight excluding hydrogens is 945 g/mol. The molecule has 8 aromatic carbocycles. The highest BCUT2D eigenvalue weighted by Gasteiger charge is 2.29. The standard InChI is InChI=1S/C61H54N6O4S2/c68-60(64-52-19-9-3-10-20-52)46-23-29-50(30-24-46)62-42-70-37-13-35-66-54-39-48(44-15-5-1-6-16-44)27-33-56(54)72-58(66)41-59-67(55-40-49(28-34-57(55)73-59)45-17-7-2-8-18-45)36-14-38-71-43-63-51-31-25-47(26-32-51)61(69)65-53-21-11-4-12-22-53/h1-12,15-34,39-41H,13-14,35-38,42-43H2,(H3-,62,63,64,65,68,69)/p+1. The highest BCUT2D eigenvalue weighted by atomic mass is 32.2. The molecule has 2 amide bonds. The third-order valence-electron chi connectivity index (χ3n) is 12.4. The largest absolute Gasteiger partial charge is 0.363 e. The number of aromatic nitrogens is 1. The lowest BCUT2D eigenvalue weighted by atomic mass is 10.0. The van der Waals surface area contributed by atoms with Crippen LogP contribution in [0.1, 0.15) is 38.6 Å². The first-order valence-corrected chi connectivity index (χ1v) is 26.1. The summed E-state index contributed by atoms with van der Waals surface area (Å²) in [6, 6.07) is 68.4. The van der Waals surface area contributed by atoms with E-state index in [9.17, 15) is 9.59 Å². The number of hydrogen-bond donors (Lipinski definition) is 4. The average Bonchev–Trinajstić information content (AvgIpc) is 3.97. The minimum absolute atomic E-state index is 0.151. The number of carbonyl (C=O) groups excluding carboxylic acids is 2. The average molecular weight is 1000 g/mol. The molecule has 0 aliphatic carbocycles. The zero-order valence-corrected chi connectivity index (χ0v) is 41.8. The number of para-hydroxylation sites is 2. The monoisotopic (exact) mass is 999 g/mol. The predicted octanol–water partition coefficient (Wildman–Crippen LogP) is 13.9. The van der Waals surface area contributed by atoms with E-state index in [4.69, 9.17) is 9.47 Å². The Kier molecular flexibility index (Phi) is 15.9. The molecule has 10 nitrogen and oxygen atoms in total. The van der Waals surface area contributed by atoms with Crippen molar-refractivity contribution in [1.82, 2.24) is 0 Å². The molecule has 364 valence electrons. The van der Waals surface area contributed by atoms with E-state index >= 15 is 0 Å². The van der Waals surface area contributed by atoms with Crippen LogP contribution < -0.4 is 30.7 Å². The molecular formula is C61H55N6O4S2+. The topological polar surface area (TPSA) is 108 Å². The molecule has 1 aliphatic heterocycles. The highest BCUT2D eigenvalue weighted by Crippen LogP contribution is 2.48. The van der Waals surface area contributed by atoms with Crippen molar-refractivity contribution in [2.45, 2.75) is 24.3 Å². The van der Waals surface area contributed by atoms with Crippen LogP contribution in [0.15, 0.2) is 216 Å². The molecule has 0 saturated carbocycles. The maximum atomic E-state index is 12.8. The van der Waals surface area contributed by atoms with Crippen LogP contribution in [0.4, 0.5) is 28.4 Å². The Morgan fingerprint density at radius 3 is 1.59 bits per heavy atom. The maximum Gasteiger partial charge on any atom is 0.265 e. The Morgan fingerprint density at radius 1 is 0.521 bits per heavy atom. The molecule has 0 atom stereocenters. The van der Waals surface area contributed by atoms with Crippen molar-refractivity contribution in [2.75, 3.05) is 59.4 Å². The summed E-state index contributed by atoms with van der Waals surface area (Å²) < 4.78 is 16.0. The number of amides is 2. The maximum absolute atomic E-state index is 12.8. The van der Waals surface area contributed by atoms with Gasteiger partial charge in [-0.2, -0.15) is 4.57 Å². The van der Waals surface area contributed by atoms with Gasteiger partial charge in [-0.05, 0) is 120 Å². The number of nitrogens with one attached hydrogen (secondary N) is 4. The van der Waals surface area contributed by atoms with E-state index in [1.807, 2.05) is 132 Å². The number of aryl methyl sites for hydroxylation is 1. The summed E-state index contributed by atoms with van der Waals surface area (Å²) in [4.78, 5) is 29.2. The van der Waals surface area contributed by atoms with Gasteiger partial charge in [0.05, 0.1) is 30.0 Å². The molecule has 10 rings (SSSR count). The van der Waals surface area contributed by atoms with E-state index in [0.717, 1.165) is 48.7 Å². The minimum atomic E-state index is -0.151. The number of anilines is 5. The number of ether oxygens (including phenoxy) is 2. The van der Waals surface area contributed by atoms with Crippen LogP contribution in [0.25, 0.3) is 38.5 Å². The summed E-state index contributed by atoms with van der Waals surface area (Å²) in [5.41, 5.74) is 11.6. The SMILES string of the molecule is O=C(Nc1ccccc1)c1ccc(NCOCCCN2C(=Cc3sc4ccc(-c5ccccc5)cc4[n+]3CCCOCNc3ccc(C(=O)Nc4ccccc4)cc3)Sc3ccc(-c4ccccc4)cc32)cc1. The van der Waals surface area contributed by atoms with Crippen LogP contribution in [0.2, 0.25) is 0 Å². The number of nitrogens with zero attached hydrogens (tertiary/aromatic N) is 2. The summed E-state index contributed by atoms with van der Waals surface area (Å²) in [6.07, 6.45) is 3.97. The van der Waals surface area contributed by atoms with Crippen molar-refractivity contribution in [3.05, 3.63) is 227 Å².